The molecule has 2 aromatic rings. The summed E-state index contributed by atoms with van der Waals surface area (Å²) in [7, 11) is 1.65. The fourth-order valence-electron chi connectivity index (χ4n) is 1.86. The summed E-state index contributed by atoms with van der Waals surface area (Å²) in [6, 6.07) is 10.8. The van der Waals surface area contributed by atoms with Crippen LogP contribution in [-0.2, 0) is 0 Å². The number of H-pyrrole nitrogens is 1. The van der Waals surface area contributed by atoms with Crippen LogP contribution in [0.2, 0.25) is 0 Å². The molecule has 1 N–H and O–H groups in total. The lowest BCUT2D eigenvalue weighted by Crippen LogP contribution is -2.34. The maximum Gasteiger partial charge on any atom is 0.259 e. The first-order chi connectivity index (χ1) is 10.1. The molecule has 1 aromatic heterocycles. The number of pyridine rings is 1. The van der Waals surface area contributed by atoms with Gasteiger partial charge in [0.15, 0.2) is 5.43 Å². The maximum atomic E-state index is 12.2. The molecule has 0 aliphatic carbocycles. The second kappa shape index (κ2) is 6.74. The topological polar surface area (TPSA) is 62.4 Å². The van der Waals surface area contributed by atoms with Gasteiger partial charge in [0.2, 0.25) is 0 Å². The number of hydrogen-bond acceptors (Lipinski definition) is 3. The molecule has 1 aromatic carbocycles. The van der Waals surface area contributed by atoms with E-state index in [1.807, 2.05) is 30.3 Å². The molecule has 0 aliphatic heterocycles. The highest BCUT2D eigenvalue weighted by Gasteiger charge is 2.15. The minimum absolute atomic E-state index is 0.141. The summed E-state index contributed by atoms with van der Waals surface area (Å²) in [5.74, 6) is 0.444. The largest absolute Gasteiger partial charge is 0.492 e. The van der Waals surface area contributed by atoms with E-state index in [0.717, 1.165) is 11.4 Å². The van der Waals surface area contributed by atoms with E-state index >= 15 is 0 Å². The number of amides is 1. The number of likely N-dealkylation sites (N-methyl/N-ethyl adjacent to an activating group) is 1. The highest BCUT2D eigenvalue weighted by Crippen LogP contribution is 2.08. The molecule has 110 valence electrons. The van der Waals surface area contributed by atoms with Crippen molar-refractivity contribution in [2.24, 2.45) is 0 Å². The molecule has 21 heavy (non-hydrogen) atoms. The molecular weight excluding hydrogens is 268 g/mol. The van der Waals surface area contributed by atoms with Gasteiger partial charge in [0, 0.05) is 25.0 Å². The summed E-state index contributed by atoms with van der Waals surface area (Å²) >= 11 is 0. The number of benzene rings is 1. The molecule has 1 amide bonds. The molecule has 5 nitrogen and oxygen atoms in total. The fourth-order valence-corrected chi connectivity index (χ4v) is 1.86. The number of aromatic amines is 1. The van der Waals surface area contributed by atoms with Gasteiger partial charge in [0.05, 0.1) is 6.54 Å². The van der Waals surface area contributed by atoms with E-state index in [2.05, 4.69) is 4.98 Å². The van der Waals surface area contributed by atoms with Crippen molar-refractivity contribution in [2.75, 3.05) is 20.2 Å². The number of carbonyl (C=O) groups is 1. The molecule has 0 aliphatic rings. The Kier molecular flexibility index (Phi) is 4.77. The molecule has 1 heterocycles. The van der Waals surface area contributed by atoms with Crippen LogP contribution < -0.4 is 10.2 Å². The Morgan fingerprint density at radius 3 is 2.67 bits per heavy atom. The monoisotopic (exact) mass is 286 g/mol. The van der Waals surface area contributed by atoms with E-state index in [-0.39, 0.29) is 16.9 Å². The van der Waals surface area contributed by atoms with Crippen LogP contribution in [0.15, 0.2) is 47.4 Å². The first kappa shape index (κ1) is 14.8. The van der Waals surface area contributed by atoms with Gasteiger partial charge in [-0.3, -0.25) is 9.59 Å². The zero-order valence-electron chi connectivity index (χ0n) is 12.1. The summed E-state index contributed by atoms with van der Waals surface area (Å²) in [5, 5.41) is 0. The first-order valence-corrected chi connectivity index (χ1v) is 6.70. The van der Waals surface area contributed by atoms with E-state index in [0.29, 0.717) is 13.2 Å². The van der Waals surface area contributed by atoms with Crippen LogP contribution in [0.3, 0.4) is 0 Å². The summed E-state index contributed by atoms with van der Waals surface area (Å²) in [4.78, 5) is 28.3. The predicted octanol–water partition coefficient (Wildman–Crippen LogP) is 1.83. The van der Waals surface area contributed by atoms with Gasteiger partial charge in [0.25, 0.3) is 5.91 Å². The van der Waals surface area contributed by atoms with E-state index in [1.165, 1.54) is 17.2 Å². The van der Waals surface area contributed by atoms with Crippen molar-refractivity contribution in [1.29, 1.82) is 0 Å². The van der Waals surface area contributed by atoms with Crippen LogP contribution in [0.25, 0.3) is 0 Å². The van der Waals surface area contributed by atoms with Crippen LogP contribution in [0, 0.1) is 6.92 Å². The number of aryl methyl sites for hydroxylation is 1. The van der Waals surface area contributed by atoms with E-state index in [1.54, 1.807) is 14.0 Å². The van der Waals surface area contributed by atoms with Gasteiger partial charge in [-0.2, -0.15) is 0 Å². The summed E-state index contributed by atoms with van der Waals surface area (Å²) < 4.78 is 5.53. The zero-order chi connectivity index (χ0) is 15.2. The van der Waals surface area contributed by atoms with Crippen LogP contribution in [0.5, 0.6) is 5.75 Å². The minimum Gasteiger partial charge on any atom is -0.492 e. The van der Waals surface area contributed by atoms with Crippen LogP contribution in [-0.4, -0.2) is 36.0 Å². The van der Waals surface area contributed by atoms with Crippen molar-refractivity contribution < 1.29 is 9.53 Å². The zero-order valence-corrected chi connectivity index (χ0v) is 12.1. The van der Waals surface area contributed by atoms with Crippen molar-refractivity contribution in [3.63, 3.8) is 0 Å². The normalized spacial score (nSPS) is 10.2. The summed E-state index contributed by atoms with van der Waals surface area (Å²) in [5.41, 5.74) is 0.599. The van der Waals surface area contributed by atoms with Gasteiger partial charge in [-0.15, -0.1) is 0 Å². The Morgan fingerprint density at radius 1 is 1.29 bits per heavy atom. The molecule has 0 atom stereocenters. The quantitative estimate of drug-likeness (QED) is 0.912. The second-order valence-corrected chi connectivity index (χ2v) is 4.78. The van der Waals surface area contributed by atoms with E-state index in [9.17, 15) is 9.59 Å². The molecule has 0 radical (unpaired) electrons. The average Bonchev–Trinajstić information content (AvgIpc) is 2.47. The second-order valence-electron chi connectivity index (χ2n) is 4.78. The van der Waals surface area contributed by atoms with E-state index < -0.39 is 0 Å². The Labute approximate surface area is 123 Å². The minimum atomic E-state index is -0.312. The van der Waals surface area contributed by atoms with Crippen LogP contribution >= 0.6 is 0 Å². The average molecular weight is 286 g/mol. The third kappa shape index (κ3) is 3.95. The lowest BCUT2D eigenvalue weighted by molar-refractivity contribution is 0.0772. The van der Waals surface area contributed by atoms with E-state index in [4.69, 9.17) is 4.74 Å². The van der Waals surface area contributed by atoms with Gasteiger partial charge in [-0.05, 0) is 19.1 Å². The van der Waals surface area contributed by atoms with Crippen molar-refractivity contribution in [2.45, 2.75) is 6.92 Å². The molecule has 0 saturated carbocycles. The van der Waals surface area contributed by atoms with Crippen molar-refractivity contribution in [1.82, 2.24) is 9.88 Å². The van der Waals surface area contributed by atoms with Gasteiger partial charge in [-0.1, -0.05) is 18.2 Å². The number of ether oxygens (including phenoxy) is 1. The predicted molar refractivity (Wildman–Crippen MR) is 80.7 cm³/mol. The molecule has 0 bridgehead atoms. The van der Waals surface area contributed by atoms with Crippen LogP contribution in [0.4, 0.5) is 0 Å². The van der Waals surface area contributed by atoms with Crippen LogP contribution in [0.1, 0.15) is 16.1 Å². The molecular formula is C16H18N2O3. The number of nitrogens with one attached hydrogen (secondary N) is 1. The third-order valence-corrected chi connectivity index (χ3v) is 3.07. The van der Waals surface area contributed by atoms with Gasteiger partial charge < -0.3 is 14.6 Å². The molecule has 2 rings (SSSR count). The smallest absolute Gasteiger partial charge is 0.259 e. The van der Waals surface area contributed by atoms with Gasteiger partial charge >= 0.3 is 0 Å². The highest BCUT2D eigenvalue weighted by molar-refractivity contribution is 5.93. The lowest BCUT2D eigenvalue weighted by atomic mass is 10.2. The van der Waals surface area contributed by atoms with Crippen molar-refractivity contribution in [3.8, 4) is 5.75 Å². The molecule has 0 spiro atoms. The Balaban J connectivity index is 1.92. The SMILES string of the molecule is Cc1cc(=O)c(C(=O)N(C)CCOc2ccccc2)c[nH]1. The summed E-state index contributed by atoms with van der Waals surface area (Å²) in [6.07, 6.45) is 1.45. The van der Waals surface area contributed by atoms with Crippen molar-refractivity contribution in [3.05, 3.63) is 64.1 Å². The Bertz CT molecular complexity index is 665. The number of rotatable bonds is 5. The molecule has 5 heteroatoms. The van der Waals surface area contributed by atoms with Gasteiger partial charge in [-0.25, -0.2) is 0 Å². The molecule has 0 fully saturated rings. The number of hydrogen-bond donors (Lipinski definition) is 1. The highest BCUT2D eigenvalue weighted by atomic mass is 16.5. The Morgan fingerprint density at radius 2 is 2.00 bits per heavy atom. The molecule has 0 unspecified atom stereocenters. The third-order valence-electron chi connectivity index (χ3n) is 3.07. The number of nitrogens with zero attached hydrogens (tertiary/aromatic N) is 1. The van der Waals surface area contributed by atoms with Gasteiger partial charge in [0.1, 0.15) is 17.9 Å². The summed E-state index contributed by atoms with van der Waals surface area (Å²) in [6.45, 7) is 2.55. The molecule has 0 saturated heterocycles. The Hall–Kier alpha value is -2.56. The first-order valence-electron chi connectivity index (χ1n) is 6.70. The lowest BCUT2D eigenvalue weighted by Gasteiger charge is -2.17. The fraction of sp³-hybridized carbons (Fsp3) is 0.250. The number of carbonyl (C=O) groups excluding carboxylic acids is 1. The standard InChI is InChI=1S/C16H18N2O3/c1-12-10-15(19)14(11-17-12)16(20)18(2)8-9-21-13-6-4-3-5-7-13/h3-7,10-11H,8-9H2,1-2H3,(H,17,19). The maximum absolute atomic E-state index is 12.2. The number of aromatic nitrogens is 1. The number of para-hydroxylation sites is 1. The van der Waals surface area contributed by atoms with Crippen molar-refractivity contribution >= 4 is 5.91 Å².